The molecule has 15 heavy (non-hydrogen) atoms. The molecule has 0 aliphatic rings. The van der Waals surface area contributed by atoms with Crippen LogP contribution in [0.4, 0.5) is 0 Å². The second kappa shape index (κ2) is 6.45. The molecule has 0 saturated carbocycles. The molecule has 0 spiro atoms. The number of hydrogen-bond acceptors (Lipinski definition) is 3. The number of aromatic nitrogens is 2. The summed E-state index contributed by atoms with van der Waals surface area (Å²) in [6.07, 6.45) is 2.24. The van der Waals surface area contributed by atoms with Crippen molar-refractivity contribution in [3.05, 3.63) is 11.8 Å². The van der Waals surface area contributed by atoms with Gasteiger partial charge in [0.1, 0.15) is 0 Å². The summed E-state index contributed by atoms with van der Waals surface area (Å²) in [5.41, 5.74) is 1.00. The summed E-state index contributed by atoms with van der Waals surface area (Å²) in [5.74, 6) is 0.857. The maximum absolute atomic E-state index is 5.61. The molecule has 4 heteroatoms. The third-order valence-electron chi connectivity index (χ3n) is 2.21. The smallest absolute Gasteiger partial charge is 0.211 e. The zero-order valence-corrected chi connectivity index (χ0v) is 9.92. The highest BCUT2D eigenvalue weighted by molar-refractivity contribution is 5.14. The van der Waals surface area contributed by atoms with Gasteiger partial charge in [-0.2, -0.15) is 5.10 Å². The average Bonchev–Trinajstić information content (AvgIpc) is 2.51. The minimum atomic E-state index is 0.768. The van der Waals surface area contributed by atoms with E-state index in [2.05, 4.69) is 17.3 Å². The van der Waals surface area contributed by atoms with Crippen LogP contribution in [0.1, 0.15) is 25.5 Å². The van der Waals surface area contributed by atoms with Gasteiger partial charge in [-0.05, 0) is 32.9 Å². The first-order chi connectivity index (χ1) is 7.24. The van der Waals surface area contributed by atoms with Crippen molar-refractivity contribution >= 4 is 0 Å². The average molecular weight is 211 g/mol. The monoisotopic (exact) mass is 211 g/mol. The number of ether oxygens (including phenoxy) is 1. The Bertz CT molecular complexity index is 283. The van der Waals surface area contributed by atoms with E-state index in [-0.39, 0.29) is 0 Å². The van der Waals surface area contributed by atoms with E-state index in [4.69, 9.17) is 4.74 Å². The summed E-state index contributed by atoms with van der Waals surface area (Å²) >= 11 is 0. The van der Waals surface area contributed by atoms with Gasteiger partial charge >= 0.3 is 0 Å². The highest BCUT2D eigenvalue weighted by Gasteiger charge is 2.01. The van der Waals surface area contributed by atoms with Crippen molar-refractivity contribution in [3.8, 4) is 5.88 Å². The van der Waals surface area contributed by atoms with E-state index >= 15 is 0 Å². The van der Waals surface area contributed by atoms with Gasteiger partial charge in [0.25, 0.3) is 0 Å². The van der Waals surface area contributed by atoms with E-state index in [9.17, 15) is 0 Å². The molecule has 0 fully saturated rings. The van der Waals surface area contributed by atoms with Crippen molar-refractivity contribution in [2.45, 2.75) is 26.7 Å². The Balaban J connectivity index is 2.12. The third-order valence-corrected chi connectivity index (χ3v) is 2.21. The largest absolute Gasteiger partial charge is 0.478 e. The minimum absolute atomic E-state index is 0.768. The molecule has 0 aromatic carbocycles. The van der Waals surface area contributed by atoms with Crippen molar-refractivity contribution in [1.29, 1.82) is 0 Å². The van der Waals surface area contributed by atoms with Crippen LogP contribution in [0.25, 0.3) is 0 Å². The van der Waals surface area contributed by atoms with Crippen molar-refractivity contribution in [3.63, 3.8) is 0 Å². The van der Waals surface area contributed by atoms with Gasteiger partial charge in [-0.1, -0.05) is 6.92 Å². The van der Waals surface area contributed by atoms with Gasteiger partial charge < -0.3 is 10.1 Å². The number of nitrogens with zero attached hydrogens (tertiary/aromatic N) is 2. The molecule has 0 radical (unpaired) electrons. The van der Waals surface area contributed by atoms with E-state index in [1.807, 2.05) is 20.0 Å². The van der Waals surface area contributed by atoms with Gasteiger partial charge in [0.2, 0.25) is 5.88 Å². The second-order valence-electron chi connectivity index (χ2n) is 3.66. The molecule has 1 rings (SSSR count). The van der Waals surface area contributed by atoms with Crippen molar-refractivity contribution in [2.75, 3.05) is 19.7 Å². The predicted molar refractivity (Wildman–Crippen MR) is 61.2 cm³/mol. The number of nitrogens with one attached hydrogen (secondary N) is 1. The van der Waals surface area contributed by atoms with Crippen LogP contribution in [0.2, 0.25) is 0 Å². The first-order valence-corrected chi connectivity index (χ1v) is 5.58. The fourth-order valence-corrected chi connectivity index (χ4v) is 1.43. The van der Waals surface area contributed by atoms with Gasteiger partial charge in [-0.3, -0.25) is 0 Å². The zero-order chi connectivity index (χ0) is 11.1. The first-order valence-electron chi connectivity index (χ1n) is 5.58. The summed E-state index contributed by atoms with van der Waals surface area (Å²) < 4.78 is 7.39. The van der Waals surface area contributed by atoms with Crippen LogP contribution >= 0.6 is 0 Å². The van der Waals surface area contributed by atoms with E-state index < -0.39 is 0 Å². The van der Waals surface area contributed by atoms with Gasteiger partial charge in [-0.25, -0.2) is 4.68 Å². The molecule has 0 atom stereocenters. The molecule has 0 bridgehead atoms. The van der Waals surface area contributed by atoms with Gasteiger partial charge in [-0.15, -0.1) is 0 Å². The van der Waals surface area contributed by atoms with E-state index in [0.717, 1.165) is 44.1 Å². The molecule has 1 aromatic heterocycles. The standard InChI is InChI=1S/C11H21N3O/c1-4-12-7-5-6-8-15-11-9-10(2)13-14(11)3/h9,12H,4-8H2,1-3H3. The Labute approximate surface area is 91.6 Å². The predicted octanol–water partition coefficient (Wildman–Crippen LogP) is 1.50. The number of aryl methyl sites for hydroxylation is 2. The quantitative estimate of drug-likeness (QED) is 0.695. The lowest BCUT2D eigenvalue weighted by atomic mass is 10.3. The fraction of sp³-hybridized carbons (Fsp3) is 0.727. The maximum Gasteiger partial charge on any atom is 0.211 e. The summed E-state index contributed by atoms with van der Waals surface area (Å²) in [5, 5.41) is 7.51. The molecule has 1 N–H and O–H groups in total. The van der Waals surface area contributed by atoms with Crippen molar-refractivity contribution in [1.82, 2.24) is 15.1 Å². The van der Waals surface area contributed by atoms with Crippen LogP contribution < -0.4 is 10.1 Å². The lowest BCUT2D eigenvalue weighted by Gasteiger charge is -2.05. The molecule has 4 nitrogen and oxygen atoms in total. The normalized spacial score (nSPS) is 10.6. The third kappa shape index (κ3) is 4.34. The van der Waals surface area contributed by atoms with E-state index in [0.29, 0.717) is 0 Å². The summed E-state index contributed by atoms with van der Waals surface area (Å²) in [7, 11) is 1.90. The topological polar surface area (TPSA) is 39.1 Å². The molecule has 0 amide bonds. The van der Waals surface area contributed by atoms with Crippen molar-refractivity contribution in [2.24, 2.45) is 7.05 Å². The van der Waals surface area contributed by atoms with Crippen LogP contribution in [-0.2, 0) is 7.05 Å². The molecule has 1 aromatic rings. The Morgan fingerprint density at radius 3 is 2.87 bits per heavy atom. The number of unbranched alkanes of at least 4 members (excludes halogenated alkanes) is 1. The summed E-state index contributed by atoms with van der Waals surface area (Å²) in [4.78, 5) is 0. The van der Waals surface area contributed by atoms with Crippen LogP contribution in [0.3, 0.4) is 0 Å². The molecular weight excluding hydrogens is 190 g/mol. The first kappa shape index (κ1) is 12.0. The zero-order valence-electron chi connectivity index (χ0n) is 9.92. The van der Waals surface area contributed by atoms with Crippen molar-refractivity contribution < 1.29 is 4.74 Å². The Kier molecular flexibility index (Phi) is 5.18. The van der Waals surface area contributed by atoms with Gasteiger partial charge in [0, 0.05) is 13.1 Å². The maximum atomic E-state index is 5.61. The summed E-state index contributed by atoms with van der Waals surface area (Å²) in [6.45, 7) is 6.98. The number of hydrogen-bond donors (Lipinski definition) is 1. The molecule has 1 heterocycles. The number of rotatable bonds is 7. The minimum Gasteiger partial charge on any atom is -0.478 e. The lowest BCUT2D eigenvalue weighted by molar-refractivity contribution is 0.281. The van der Waals surface area contributed by atoms with Crippen LogP contribution in [0.15, 0.2) is 6.07 Å². The molecule has 0 aliphatic heterocycles. The lowest BCUT2D eigenvalue weighted by Crippen LogP contribution is -2.14. The summed E-state index contributed by atoms with van der Waals surface area (Å²) in [6, 6.07) is 1.96. The second-order valence-corrected chi connectivity index (χ2v) is 3.66. The van der Waals surface area contributed by atoms with E-state index in [1.54, 1.807) is 4.68 Å². The van der Waals surface area contributed by atoms with E-state index in [1.165, 1.54) is 0 Å². The van der Waals surface area contributed by atoms with Gasteiger partial charge in [0.15, 0.2) is 0 Å². The van der Waals surface area contributed by atoms with Gasteiger partial charge in [0.05, 0.1) is 12.3 Å². The highest BCUT2D eigenvalue weighted by Crippen LogP contribution is 2.11. The Hall–Kier alpha value is -1.03. The highest BCUT2D eigenvalue weighted by atomic mass is 16.5. The fourth-order valence-electron chi connectivity index (χ4n) is 1.43. The van der Waals surface area contributed by atoms with Crippen LogP contribution in [-0.4, -0.2) is 29.5 Å². The molecule has 86 valence electrons. The van der Waals surface area contributed by atoms with Crippen LogP contribution in [0, 0.1) is 6.92 Å². The molecule has 0 unspecified atom stereocenters. The molecule has 0 aliphatic carbocycles. The molecule has 0 saturated heterocycles. The Morgan fingerprint density at radius 2 is 2.27 bits per heavy atom. The molecular formula is C11H21N3O. The Morgan fingerprint density at radius 1 is 1.47 bits per heavy atom. The van der Waals surface area contributed by atoms with Crippen LogP contribution in [0.5, 0.6) is 5.88 Å². The SMILES string of the molecule is CCNCCCCOc1cc(C)nn1C.